The summed E-state index contributed by atoms with van der Waals surface area (Å²) in [7, 11) is 0. The van der Waals surface area contributed by atoms with Crippen LogP contribution in [-0.2, 0) is 10.2 Å². The molecule has 0 unspecified atom stereocenters. The Balaban J connectivity index is 2.49. The second-order valence-corrected chi connectivity index (χ2v) is 6.34. The molecule has 1 aromatic carbocycles. The molecule has 4 heteroatoms. The maximum absolute atomic E-state index is 11.9. The molecular weight excluding hydrogens is 256 g/mol. The Morgan fingerprint density at radius 1 is 1.37 bits per heavy atom. The summed E-state index contributed by atoms with van der Waals surface area (Å²) in [4.78, 5) is 11.9. The molecule has 0 bridgehead atoms. The first-order valence-electron chi connectivity index (χ1n) is 6.55. The third kappa shape index (κ3) is 5.25. The molecule has 1 rings (SSSR count). The van der Waals surface area contributed by atoms with Crippen molar-refractivity contribution in [2.24, 2.45) is 5.73 Å². The van der Waals surface area contributed by atoms with Gasteiger partial charge in [-0.05, 0) is 24.0 Å². The van der Waals surface area contributed by atoms with E-state index < -0.39 is 6.04 Å². The molecule has 0 aliphatic carbocycles. The molecule has 1 atom stereocenters. The molecule has 3 N–H and O–H groups in total. The summed E-state index contributed by atoms with van der Waals surface area (Å²) in [5.41, 5.74) is 6.97. The van der Waals surface area contributed by atoms with E-state index in [2.05, 4.69) is 31.3 Å². The van der Waals surface area contributed by atoms with Gasteiger partial charge in [-0.1, -0.05) is 44.2 Å². The van der Waals surface area contributed by atoms with Crippen molar-refractivity contribution in [3.05, 3.63) is 35.9 Å². The van der Waals surface area contributed by atoms with Crippen molar-refractivity contribution in [1.82, 2.24) is 5.32 Å². The Morgan fingerprint density at radius 2 is 2.00 bits per heavy atom. The Morgan fingerprint density at radius 3 is 2.58 bits per heavy atom. The fraction of sp³-hybridized carbons (Fsp3) is 0.533. The minimum atomic E-state index is -0.404. The summed E-state index contributed by atoms with van der Waals surface area (Å²) in [5, 5.41) is 2.96. The van der Waals surface area contributed by atoms with Crippen LogP contribution in [0.3, 0.4) is 0 Å². The number of benzene rings is 1. The highest BCUT2D eigenvalue weighted by molar-refractivity contribution is 7.98. The molecule has 0 saturated heterocycles. The van der Waals surface area contributed by atoms with Crippen molar-refractivity contribution in [2.45, 2.75) is 31.7 Å². The minimum Gasteiger partial charge on any atom is -0.354 e. The Bertz CT molecular complexity index is 392. The monoisotopic (exact) mass is 280 g/mol. The van der Waals surface area contributed by atoms with Crippen LogP contribution in [0.4, 0.5) is 0 Å². The lowest BCUT2D eigenvalue weighted by Crippen LogP contribution is -2.45. The Hall–Kier alpha value is -1.00. The van der Waals surface area contributed by atoms with Crippen molar-refractivity contribution in [2.75, 3.05) is 18.6 Å². The van der Waals surface area contributed by atoms with Gasteiger partial charge in [0.1, 0.15) is 0 Å². The van der Waals surface area contributed by atoms with Crippen LogP contribution in [0.1, 0.15) is 25.8 Å². The predicted octanol–water partition coefficient (Wildman–Crippen LogP) is 2.16. The van der Waals surface area contributed by atoms with E-state index in [1.54, 1.807) is 11.8 Å². The molecule has 1 amide bonds. The average Bonchev–Trinajstić information content (AvgIpc) is 2.43. The number of rotatable bonds is 7. The largest absolute Gasteiger partial charge is 0.354 e. The van der Waals surface area contributed by atoms with Crippen LogP contribution >= 0.6 is 11.8 Å². The van der Waals surface area contributed by atoms with Crippen molar-refractivity contribution in [3.8, 4) is 0 Å². The van der Waals surface area contributed by atoms with Crippen LogP contribution < -0.4 is 11.1 Å². The summed E-state index contributed by atoms with van der Waals surface area (Å²) in [6.45, 7) is 4.84. The van der Waals surface area contributed by atoms with Crippen LogP contribution in [0.2, 0.25) is 0 Å². The lowest BCUT2D eigenvalue weighted by Gasteiger charge is -2.26. The highest BCUT2D eigenvalue weighted by Crippen LogP contribution is 2.21. The molecule has 0 spiro atoms. The topological polar surface area (TPSA) is 55.1 Å². The van der Waals surface area contributed by atoms with Crippen LogP contribution in [0.25, 0.3) is 0 Å². The molecule has 3 nitrogen and oxygen atoms in total. The van der Waals surface area contributed by atoms with Crippen LogP contribution in [0.15, 0.2) is 30.3 Å². The molecule has 0 fully saturated rings. The van der Waals surface area contributed by atoms with E-state index in [-0.39, 0.29) is 11.3 Å². The summed E-state index contributed by atoms with van der Waals surface area (Å²) in [6.07, 6.45) is 2.74. The number of thioether (sulfide) groups is 1. The number of hydrogen-bond acceptors (Lipinski definition) is 3. The zero-order valence-electron chi connectivity index (χ0n) is 12.0. The van der Waals surface area contributed by atoms with Gasteiger partial charge >= 0.3 is 0 Å². The quantitative estimate of drug-likeness (QED) is 0.805. The highest BCUT2D eigenvalue weighted by Gasteiger charge is 2.22. The SMILES string of the molecule is CSCC[C@@H](N)C(=O)NCC(C)(C)c1ccccc1. The third-order valence-electron chi connectivity index (χ3n) is 3.23. The molecule has 0 heterocycles. The molecular formula is C15H24N2OS. The normalized spacial score (nSPS) is 13.1. The fourth-order valence-corrected chi connectivity index (χ4v) is 2.30. The molecule has 0 saturated carbocycles. The van der Waals surface area contributed by atoms with Gasteiger partial charge in [0.2, 0.25) is 5.91 Å². The zero-order valence-corrected chi connectivity index (χ0v) is 12.8. The first-order chi connectivity index (χ1) is 8.97. The molecule has 0 aliphatic heterocycles. The van der Waals surface area contributed by atoms with Gasteiger partial charge in [0, 0.05) is 12.0 Å². The van der Waals surface area contributed by atoms with Gasteiger partial charge in [-0.2, -0.15) is 11.8 Å². The lowest BCUT2D eigenvalue weighted by molar-refractivity contribution is -0.122. The third-order valence-corrected chi connectivity index (χ3v) is 3.87. The van der Waals surface area contributed by atoms with Crippen LogP contribution in [0, 0.1) is 0 Å². The van der Waals surface area contributed by atoms with Crippen LogP contribution in [0.5, 0.6) is 0 Å². The van der Waals surface area contributed by atoms with E-state index >= 15 is 0 Å². The van der Waals surface area contributed by atoms with Crippen molar-refractivity contribution in [1.29, 1.82) is 0 Å². The molecule has 106 valence electrons. The summed E-state index contributed by atoms with van der Waals surface area (Å²) >= 11 is 1.71. The second-order valence-electron chi connectivity index (χ2n) is 5.36. The van der Waals surface area contributed by atoms with Gasteiger partial charge in [-0.15, -0.1) is 0 Å². The number of nitrogens with two attached hydrogens (primary N) is 1. The standard InChI is InChI=1S/C15H24N2OS/c1-15(2,12-7-5-4-6-8-12)11-17-14(18)13(16)9-10-19-3/h4-8,13H,9-11,16H2,1-3H3,(H,17,18)/t13-/m1/s1. The highest BCUT2D eigenvalue weighted by atomic mass is 32.2. The summed E-state index contributed by atoms with van der Waals surface area (Å²) < 4.78 is 0. The number of hydrogen-bond donors (Lipinski definition) is 2. The van der Waals surface area contributed by atoms with Crippen molar-refractivity contribution in [3.63, 3.8) is 0 Å². The van der Waals surface area contributed by atoms with Crippen molar-refractivity contribution < 1.29 is 4.79 Å². The average molecular weight is 280 g/mol. The van der Waals surface area contributed by atoms with Gasteiger partial charge < -0.3 is 11.1 Å². The molecule has 0 aliphatic rings. The van der Waals surface area contributed by atoms with E-state index in [9.17, 15) is 4.79 Å². The van der Waals surface area contributed by atoms with Gasteiger partial charge in [0.15, 0.2) is 0 Å². The van der Waals surface area contributed by atoms with Gasteiger partial charge in [-0.3, -0.25) is 4.79 Å². The second kappa shape index (κ2) is 7.56. The van der Waals surface area contributed by atoms with Gasteiger partial charge in [0.25, 0.3) is 0 Å². The minimum absolute atomic E-state index is 0.0574. The fourth-order valence-electron chi connectivity index (χ4n) is 1.81. The Kier molecular flexibility index (Phi) is 6.38. The zero-order chi connectivity index (χ0) is 14.3. The van der Waals surface area contributed by atoms with E-state index in [4.69, 9.17) is 5.73 Å². The lowest BCUT2D eigenvalue weighted by atomic mass is 9.84. The number of carbonyl (C=O) groups excluding carboxylic acids is 1. The maximum atomic E-state index is 11.9. The molecule has 0 radical (unpaired) electrons. The first kappa shape index (κ1) is 16.1. The first-order valence-corrected chi connectivity index (χ1v) is 7.94. The smallest absolute Gasteiger partial charge is 0.236 e. The molecule has 1 aromatic rings. The predicted molar refractivity (Wildman–Crippen MR) is 83.5 cm³/mol. The summed E-state index contributed by atoms with van der Waals surface area (Å²) in [5.74, 6) is 0.856. The Labute approximate surface area is 120 Å². The number of carbonyl (C=O) groups is 1. The van der Waals surface area contributed by atoms with Gasteiger partial charge in [0.05, 0.1) is 6.04 Å². The number of amides is 1. The number of nitrogens with one attached hydrogen (secondary N) is 1. The van der Waals surface area contributed by atoms with Crippen LogP contribution in [-0.4, -0.2) is 30.5 Å². The molecule has 0 aromatic heterocycles. The van der Waals surface area contributed by atoms with E-state index in [0.717, 1.165) is 12.2 Å². The van der Waals surface area contributed by atoms with E-state index in [1.165, 1.54) is 5.56 Å². The van der Waals surface area contributed by atoms with Crippen molar-refractivity contribution >= 4 is 17.7 Å². The summed E-state index contributed by atoms with van der Waals surface area (Å²) in [6, 6.07) is 9.79. The maximum Gasteiger partial charge on any atom is 0.236 e. The molecule has 19 heavy (non-hydrogen) atoms. The van der Waals surface area contributed by atoms with E-state index in [0.29, 0.717) is 6.54 Å². The van der Waals surface area contributed by atoms with Gasteiger partial charge in [-0.25, -0.2) is 0 Å². The van der Waals surface area contributed by atoms with E-state index in [1.807, 2.05) is 24.5 Å².